The summed E-state index contributed by atoms with van der Waals surface area (Å²) in [5.74, 6) is 0.123. The van der Waals surface area contributed by atoms with Gasteiger partial charge in [0.05, 0.1) is 5.60 Å². The van der Waals surface area contributed by atoms with Gasteiger partial charge in [0.2, 0.25) is 0 Å². The number of hydrogen-bond donors (Lipinski definition) is 1. The molecule has 1 aliphatic rings. The Morgan fingerprint density at radius 2 is 1.96 bits per heavy atom. The molecule has 0 aromatic carbocycles. The van der Waals surface area contributed by atoms with Crippen LogP contribution in [0.2, 0.25) is 5.15 Å². The molecule has 1 aromatic rings. The molecule has 0 saturated carbocycles. The quantitative estimate of drug-likeness (QED) is 0.819. The van der Waals surface area contributed by atoms with Gasteiger partial charge in [-0.05, 0) is 70.6 Å². The maximum Gasteiger partial charge on any atom is 0.410 e. The largest absolute Gasteiger partial charge is 0.444 e. The molecule has 0 spiro atoms. The molecule has 1 unspecified atom stereocenters. The van der Waals surface area contributed by atoms with E-state index < -0.39 is 11.2 Å². The van der Waals surface area contributed by atoms with Crippen molar-refractivity contribution in [3.05, 3.63) is 28.5 Å². The zero-order chi connectivity index (χ0) is 18.8. The van der Waals surface area contributed by atoms with E-state index in [1.165, 1.54) is 0 Å². The Morgan fingerprint density at radius 3 is 2.52 bits per heavy atom. The van der Waals surface area contributed by atoms with E-state index in [9.17, 15) is 9.90 Å². The summed E-state index contributed by atoms with van der Waals surface area (Å²) >= 11 is 5.99. The van der Waals surface area contributed by atoms with Crippen molar-refractivity contribution in [3.8, 4) is 0 Å². The van der Waals surface area contributed by atoms with Gasteiger partial charge >= 0.3 is 6.09 Å². The second-order valence-corrected chi connectivity index (χ2v) is 8.60. The number of piperidine rings is 1. The predicted molar refractivity (Wildman–Crippen MR) is 98.8 cm³/mol. The SMILES string of the molecule is Cc1cnc(Cl)cc1CC(C)(O)C1CCN(C(=O)OC(C)(C)C)CC1. The summed E-state index contributed by atoms with van der Waals surface area (Å²) in [5.41, 5.74) is 0.697. The van der Waals surface area contributed by atoms with Crippen LogP contribution in [0.3, 0.4) is 0 Å². The highest BCUT2D eigenvalue weighted by Crippen LogP contribution is 2.32. The van der Waals surface area contributed by atoms with Crippen LogP contribution in [-0.4, -0.2) is 45.4 Å². The van der Waals surface area contributed by atoms with Crippen LogP contribution >= 0.6 is 11.6 Å². The van der Waals surface area contributed by atoms with Crippen molar-refractivity contribution in [1.29, 1.82) is 0 Å². The van der Waals surface area contributed by atoms with E-state index in [1.54, 1.807) is 11.1 Å². The summed E-state index contributed by atoms with van der Waals surface area (Å²) in [6, 6.07) is 1.82. The van der Waals surface area contributed by atoms with E-state index in [1.807, 2.05) is 40.7 Å². The minimum atomic E-state index is -0.852. The lowest BCUT2D eigenvalue weighted by Crippen LogP contribution is -2.47. The number of ether oxygens (including phenoxy) is 1. The fraction of sp³-hybridized carbons (Fsp3) is 0.684. The number of nitrogens with zero attached hydrogens (tertiary/aromatic N) is 2. The van der Waals surface area contributed by atoms with Gasteiger partial charge in [0.15, 0.2) is 0 Å². The molecule has 1 aliphatic heterocycles. The molecule has 5 nitrogen and oxygen atoms in total. The Morgan fingerprint density at radius 1 is 1.36 bits per heavy atom. The summed E-state index contributed by atoms with van der Waals surface area (Å²) in [5, 5.41) is 11.5. The zero-order valence-corrected chi connectivity index (χ0v) is 16.6. The highest BCUT2D eigenvalue weighted by atomic mass is 35.5. The molecule has 25 heavy (non-hydrogen) atoms. The van der Waals surface area contributed by atoms with E-state index in [2.05, 4.69) is 4.98 Å². The first-order chi connectivity index (χ1) is 11.5. The number of pyridine rings is 1. The minimum Gasteiger partial charge on any atom is -0.444 e. The number of amides is 1. The van der Waals surface area contributed by atoms with Gasteiger partial charge in [-0.3, -0.25) is 0 Å². The number of hydrogen-bond acceptors (Lipinski definition) is 4. The van der Waals surface area contributed by atoms with Gasteiger partial charge in [-0.25, -0.2) is 9.78 Å². The lowest BCUT2D eigenvalue weighted by atomic mass is 9.78. The van der Waals surface area contributed by atoms with Gasteiger partial charge in [-0.15, -0.1) is 0 Å². The number of aromatic nitrogens is 1. The highest BCUT2D eigenvalue weighted by molar-refractivity contribution is 6.29. The van der Waals surface area contributed by atoms with Gasteiger partial charge < -0.3 is 14.7 Å². The van der Waals surface area contributed by atoms with Crippen LogP contribution < -0.4 is 0 Å². The number of aryl methyl sites for hydroxylation is 1. The second-order valence-electron chi connectivity index (χ2n) is 8.21. The molecule has 2 rings (SSSR count). The first kappa shape index (κ1) is 20.0. The topological polar surface area (TPSA) is 62.7 Å². The lowest BCUT2D eigenvalue weighted by molar-refractivity contribution is -0.0340. The molecular weight excluding hydrogens is 340 g/mol. The molecule has 1 saturated heterocycles. The van der Waals surface area contributed by atoms with Gasteiger partial charge in [0.1, 0.15) is 10.8 Å². The van der Waals surface area contributed by atoms with Crippen molar-refractivity contribution in [1.82, 2.24) is 9.88 Å². The Labute approximate surface area is 155 Å². The molecule has 0 radical (unpaired) electrons. The zero-order valence-electron chi connectivity index (χ0n) is 15.8. The van der Waals surface area contributed by atoms with E-state index in [0.29, 0.717) is 24.7 Å². The standard InChI is InChI=1S/C19H29ClN2O3/c1-13-12-21-16(20)10-14(13)11-19(5,24)15-6-8-22(9-7-15)17(23)25-18(2,3)4/h10,12,15,24H,6-9,11H2,1-5H3. The highest BCUT2D eigenvalue weighted by Gasteiger charge is 2.36. The molecule has 0 bridgehead atoms. The molecular formula is C19H29ClN2O3. The van der Waals surface area contributed by atoms with Gasteiger partial charge in [-0.1, -0.05) is 11.6 Å². The Kier molecular flexibility index (Phi) is 6.00. The fourth-order valence-corrected chi connectivity index (χ4v) is 3.45. The van der Waals surface area contributed by atoms with E-state index in [0.717, 1.165) is 24.0 Å². The number of aliphatic hydroxyl groups is 1. The van der Waals surface area contributed by atoms with Crippen LogP contribution in [0.5, 0.6) is 0 Å². The van der Waals surface area contributed by atoms with Crippen molar-refractivity contribution in [2.75, 3.05) is 13.1 Å². The first-order valence-electron chi connectivity index (χ1n) is 8.79. The number of carbonyl (C=O) groups excluding carboxylic acids is 1. The van der Waals surface area contributed by atoms with Crippen LogP contribution in [0.15, 0.2) is 12.3 Å². The van der Waals surface area contributed by atoms with Gasteiger partial charge in [0, 0.05) is 25.7 Å². The average molecular weight is 369 g/mol. The maximum absolute atomic E-state index is 12.2. The summed E-state index contributed by atoms with van der Waals surface area (Å²) < 4.78 is 5.43. The van der Waals surface area contributed by atoms with Crippen molar-refractivity contribution >= 4 is 17.7 Å². The van der Waals surface area contributed by atoms with Crippen LogP contribution in [-0.2, 0) is 11.2 Å². The Balaban J connectivity index is 1.96. The second kappa shape index (κ2) is 7.50. The third kappa shape index (κ3) is 5.58. The molecule has 1 atom stereocenters. The smallest absolute Gasteiger partial charge is 0.410 e. The van der Waals surface area contributed by atoms with Crippen molar-refractivity contribution in [2.24, 2.45) is 5.92 Å². The maximum atomic E-state index is 12.2. The summed E-state index contributed by atoms with van der Waals surface area (Å²) in [6.07, 6.45) is 3.49. The summed E-state index contributed by atoms with van der Waals surface area (Å²) in [7, 11) is 0. The number of halogens is 1. The molecule has 140 valence electrons. The summed E-state index contributed by atoms with van der Waals surface area (Å²) in [4.78, 5) is 18.0. The van der Waals surface area contributed by atoms with Crippen LogP contribution in [0, 0.1) is 12.8 Å². The molecule has 2 heterocycles. The fourth-order valence-electron chi connectivity index (χ4n) is 3.27. The minimum absolute atomic E-state index is 0.123. The normalized spacial score (nSPS) is 18.8. The Hall–Kier alpha value is -1.33. The van der Waals surface area contributed by atoms with Crippen LogP contribution in [0.4, 0.5) is 4.79 Å². The van der Waals surface area contributed by atoms with Crippen molar-refractivity contribution < 1.29 is 14.6 Å². The molecule has 1 N–H and O–H groups in total. The van der Waals surface area contributed by atoms with Crippen LogP contribution in [0.25, 0.3) is 0 Å². The predicted octanol–water partition coefficient (Wildman–Crippen LogP) is 3.98. The molecule has 6 heteroatoms. The molecule has 0 aliphatic carbocycles. The third-order valence-electron chi connectivity index (χ3n) is 4.76. The monoisotopic (exact) mass is 368 g/mol. The molecule has 1 fully saturated rings. The molecule has 1 aromatic heterocycles. The lowest BCUT2D eigenvalue weighted by Gasteiger charge is -2.40. The van der Waals surface area contributed by atoms with E-state index >= 15 is 0 Å². The average Bonchev–Trinajstić information content (AvgIpc) is 2.49. The van der Waals surface area contributed by atoms with Crippen molar-refractivity contribution in [2.45, 2.75) is 65.1 Å². The van der Waals surface area contributed by atoms with Crippen LogP contribution in [0.1, 0.15) is 51.7 Å². The van der Waals surface area contributed by atoms with Gasteiger partial charge in [0.25, 0.3) is 0 Å². The molecule has 1 amide bonds. The summed E-state index contributed by atoms with van der Waals surface area (Å²) in [6.45, 7) is 10.6. The number of carbonyl (C=O) groups is 1. The van der Waals surface area contributed by atoms with Crippen molar-refractivity contribution in [3.63, 3.8) is 0 Å². The van der Waals surface area contributed by atoms with E-state index in [-0.39, 0.29) is 12.0 Å². The third-order valence-corrected chi connectivity index (χ3v) is 4.96. The first-order valence-corrected chi connectivity index (χ1v) is 9.17. The van der Waals surface area contributed by atoms with E-state index in [4.69, 9.17) is 16.3 Å². The van der Waals surface area contributed by atoms with Gasteiger partial charge in [-0.2, -0.15) is 0 Å². The number of likely N-dealkylation sites (tertiary alicyclic amines) is 1. The Bertz CT molecular complexity index is 618. The number of rotatable bonds is 3.